The SMILES string of the molecule is COc1ccc(/C=C/C(=O)c2ccc(O)cc2)cc1CCl. The molecule has 0 bridgehead atoms. The number of rotatable bonds is 5. The molecular formula is C17H15ClO3. The fourth-order valence-corrected chi connectivity index (χ4v) is 2.11. The molecule has 0 radical (unpaired) electrons. The number of ether oxygens (including phenoxy) is 1. The van der Waals surface area contributed by atoms with Crippen molar-refractivity contribution in [1.82, 2.24) is 0 Å². The zero-order chi connectivity index (χ0) is 15.2. The van der Waals surface area contributed by atoms with Crippen LogP contribution in [0.4, 0.5) is 0 Å². The molecule has 0 aliphatic rings. The Morgan fingerprint density at radius 2 is 1.95 bits per heavy atom. The molecule has 0 fully saturated rings. The molecule has 2 rings (SSSR count). The van der Waals surface area contributed by atoms with Gasteiger partial charge in [-0.25, -0.2) is 0 Å². The Labute approximate surface area is 128 Å². The zero-order valence-corrected chi connectivity index (χ0v) is 12.3. The molecule has 0 aliphatic carbocycles. The van der Waals surface area contributed by atoms with Gasteiger partial charge in [0, 0.05) is 11.1 Å². The van der Waals surface area contributed by atoms with E-state index >= 15 is 0 Å². The second-order valence-corrected chi connectivity index (χ2v) is 4.72. The zero-order valence-electron chi connectivity index (χ0n) is 11.5. The molecule has 3 nitrogen and oxygen atoms in total. The number of carbonyl (C=O) groups excluding carboxylic acids is 1. The molecule has 2 aromatic carbocycles. The summed E-state index contributed by atoms with van der Waals surface area (Å²) in [5.41, 5.74) is 2.27. The molecule has 0 saturated carbocycles. The van der Waals surface area contributed by atoms with Gasteiger partial charge in [0.2, 0.25) is 0 Å². The van der Waals surface area contributed by atoms with Crippen LogP contribution in [0.5, 0.6) is 11.5 Å². The number of alkyl halides is 1. The lowest BCUT2D eigenvalue weighted by Crippen LogP contribution is -1.93. The van der Waals surface area contributed by atoms with Crippen molar-refractivity contribution in [3.63, 3.8) is 0 Å². The van der Waals surface area contributed by atoms with Crippen molar-refractivity contribution >= 4 is 23.5 Å². The van der Waals surface area contributed by atoms with E-state index in [0.29, 0.717) is 11.4 Å². The number of phenolic OH excluding ortho intramolecular Hbond substituents is 1. The number of benzene rings is 2. The number of carbonyl (C=O) groups is 1. The van der Waals surface area contributed by atoms with Crippen molar-refractivity contribution in [2.45, 2.75) is 5.88 Å². The van der Waals surface area contributed by atoms with Gasteiger partial charge in [-0.1, -0.05) is 12.1 Å². The van der Waals surface area contributed by atoms with Gasteiger partial charge in [0.1, 0.15) is 11.5 Å². The van der Waals surface area contributed by atoms with Crippen molar-refractivity contribution in [3.8, 4) is 11.5 Å². The Balaban J connectivity index is 2.17. The van der Waals surface area contributed by atoms with E-state index in [0.717, 1.165) is 16.9 Å². The number of halogens is 1. The summed E-state index contributed by atoms with van der Waals surface area (Å²) in [6.07, 6.45) is 3.22. The number of methoxy groups -OCH3 is 1. The Bertz CT molecular complexity index is 660. The molecule has 0 amide bonds. The highest BCUT2D eigenvalue weighted by atomic mass is 35.5. The molecule has 0 aliphatic heterocycles. The van der Waals surface area contributed by atoms with Gasteiger partial charge in [-0.2, -0.15) is 0 Å². The standard InChI is InChI=1S/C17H15ClO3/c1-21-17-9-3-12(10-14(17)11-18)2-8-16(20)13-4-6-15(19)7-5-13/h2-10,19H,11H2,1H3/b8-2+. The molecule has 0 spiro atoms. The summed E-state index contributed by atoms with van der Waals surface area (Å²) in [6.45, 7) is 0. The molecule has 4 heteroatoms. The normalized spacial score (nSPS) is 10.8. The van der Waals surface area contributed by atoms with Crippen LogP contribution >= 0.6 is 11.6 Å². The second-order valence-electron chi connectivity index (χ2n) is 4.45. The maximum atomic E-state index is 12.0. The van der Waals surface area contributed by atoms with Gasteiger partial charge in [-0.05, 0) is 48.0 Å². The molecule has 0 heterocycles. The molecule has 0 saturated heterocycles. The summed E-state index contributed by atoms with van der Waals surface area (Å²) >= 11 is 5.86. The van der Waals surface area contributed by atoms with Crippen LogP contribution in [0.15, 0.2) is 48.5 Å². The number of hydrogen-bond donors (Lipinski definition) is 1. The van der Waals surface area contributed by atoms with E-state index in [4.69, 9.17) is 16.3 Å². The van der Waals surface area contributed by atoms with Crippen LogP contribution in [0.25, 0.3) is 6.08 Å². The van der Waals surface area contributed by atoms with Crippen molar-refractivity contribution in [2.24, 2.45) is 0 Å². The van der Waals surface area contributed by atoms with Gasteiger partial charge in [0.05, 0.1) is 13.0 Å². The van der Waals surface area contributed by atoms with Gasteiger partial charge < -0.3 is 9.84 Å². The number of allylic oxidation sites excluding steroid dienone is 1. The first-order chi connectivity index (χ1) is 10.1. The Morgan fingerprint density at radius 3 is 2.57 bits per heavy atom. The lowest BCUT2D eigenvalue weighted by atomic mass is 10.1. The molecule has 2 aromatic rings. The average molecular weight is 303 g/mol. The van der Waals surface area contributed by atoms with Gasteiger partial charge in [-0.3, -0.25) is 4.79 Å². The quantitative estimate of drug-likeness (QED) is 0.515. The Hall–Kier alpha value is -2.26. The van der Waals surface area contributed by atoms with E-state index in [9.17, 15) is 9.90 Å². The van der Waals surface area contributed by atoms with E-state index in [1.807, 2.05) is 18.2 Å². The third kappa shape index (κ3) is 3.86. The minimum absolute atomic E-state index is 0.127. The second kappa shape index (κ2) is 6.95. The number of phenols is 1. The van der Waals surface area contributed by atoms with Crippen LogP contribution in [-0.2, 0) is 5.88 Å². The Morgan fingerprint density at radius 1 is 1.24 bits per heavy atom. The lowest BCUT2D eigenvalue weighted by molar-refractivity contribution is 0.104. The van der Waals surface area contributed by atoms with Crippen molar-refractivity contribution in [3.05, 3.63) is 65.2 Å². The third-order valence-electron chi connectivity index (χ3n) is 3.03. The van der Waals surface area contributed by atoms with E-state index in [-0.39, 0.29) is 11.5 Å². The number of ketones is 1. The molecule has 21 heavy (non-hydrogen) atoms. The van der Waals surface area contributed by atoms with Crippen LogP contribution in [0.2, 0.25) is 0 Å². The van der Waals surface area contributed by atoms with Gasteiger partial charge in [0.25, 0.3) is 0 Å². The topological polar surface area (TPSA) is 46.5 Å². The van der Waals surface area contributed by atoms with Crippen molar-refractivity contribution < 1.29 is 14.6 Å². The van der Waals surface area contributed by atoms with Crippen LogP contribution in [0, 0.1) is 0 Å². The first-order valence-corrected chi connectivity index (χ1v) is 6.92. The largest absolute Gasteiger partial charge is 0.508 e. The highest BCUT2D eigenvalue weighted by molar-refractivity contribution is 6.17. The van der Waals surface area contributed by atoms with Crippen LogP contribution < -0.4 is 4.74 Å². The van der Waals surface area contributed by atoms with Crippen molar-refractivity contribution in [2.75, 3.05) is 7.11 Å². The smallest absolute Gasteiger partial charge is 0.185 e. The van der Waals surface area contributed by atoms with E-state index in [1.165, 1.54) is 18.2 Å². The highest BCUT2D eigenvalue weighted by Crippen LogP contribution is 2.22. The van der Waals surface area contributed by atoms with Gasteiger partial charge >= 0.3 is 0 Å². The minimum Gasteiger partial charge on any atom is -0.508 e. The minimum atomic E-state index is -0.127. The maximum absolute atomic E-state index is 12.0. The fraction of sp³-hybridized carbons (Fsp3) is 0.118. The van der Waals surface area contributed by atoms with Crippen LogP contribution in [0.3, 0.4) is 0 Å². The number of aromatic hydroxyl groups is 1. The third-order valence-corrected chi connectivity index (χ3v) is 3.32. The average Bonchev–Trinajstić information content (AvgIpc) is 2.52. The van der Waals surface area contributed by atoms with Gasteiger partial charge in [-0.15, -0.1) is 11.6 Å². The number of hydrogen-bond acceptors (Lipinski definition) is 3. The maximum Gasteiger partial charge on any atom is 0.185 e. The summed E-state index contributed by atoms with van der Waals surface area (Å²) in [4.78, 5) is 12.0. The van der Waals surface area contributed by atoms with Crippen LogP contribution in [-0.4, -0.2) is 18.0 Å². The highest BCUT2D eigenvalue weighted by Gasteiger charge is 2.04. The molecule has 0 aromatic heterocycles. The summed E-state index contributed by atoms with van der Waals surface area (Å²) in [5, 5.41) is 9.20. The summed E-state index contributed by atoms with van der Waals surface area (Å²) in [6, 6.07) is 11.7. The molecule has 0 unspecified atom stereocenters. The summed E-state index contributed by atoms with van der Waals surface area (Å²) in [5.74, 6) is 1.08. The predicted molar refractivity (Wildman–Crippen MR) is 84.0 cm³/mol. The van der Waals surface area contributed by atoms with Crippen molar-refractivity contribution in [1.29, 1.82) is 0 Å². The molecule has 0 atom stereocenters. The summed E-state index contributed by atoms with van der Waals surface area (Å²) in [7, 11) is 1.59. The Kier molecular flexibility index (Phi) is 5.01. The monoisotopic (exact) mass is 302 g/mol. The first kappa shape index (κ1) is 15.1. The molecule has 1 N–H and O–H groups in total. The fourth-order valence-electron chi connectivity index (χ4n) is 1.90. The predicted octanol–water partition coefficient (Wildman–Crippen LogP) is 4.04. The van der Waals surface area contributed by atoms with E-state index in [1.54, 1.807) is 25.3 Å². The van der Waals surface area contributed by atoms with E-state index in [2.05, 4.69) is 0 Å². The summed E-state index contributed by atoms with van der Waals surface area (Å²) < 4.78 is 5.20. The molecular weight excluding hydrogens is 288 g/mol. The van der Waals surface area contributed by atoms with E-state index < -0.39 is 0 Å². The van der Waals surface area contributed by atoms with Gasteiger partial charge in [0.15, 0.2) is 5.78 Å². The lowest BCUT2D eigenvalue weighted by Gasteiger charge is -2.06. The molecule has 108 valence electrons. The van der Waals surface area contributed by atoms with Crippen LogP contribution in [0.1, 0.15) is 21.5 Å². The first-order valence-electron chi connectivity index (χ1n) is 6.38.